The number of carbonyl (C=O) groups excluding carboxylic acids is 1. The lowest BCUT2D eigenvalue weighted by atomic mass is 9.98. The van der Waals surface area contributed by atoms with Crippen LogP contribution in [0.25, 0.3) is 11.1 Å². The van der Waals surface area contributed by atoms with Crippen LogP contribution in [0.5, 0.6) is 0 Å². The van der Waals surface area contributed by atoms with Crippen LogP contribution in [0, 0.1) is 0 Å². The molecule has 5 heteroatoms. The van der Waals surface area contributed by atoms with Crippen molar-refractivity contribution in [3.8, 4) is 11.1 Å². The van der Waals surface area contributed by atoms with E-state index in [2.05, 4.69) is 45.5 Å². The van der Waals surface area contributed by atoms with Gasteiger partial charge in [0.25, 0.3) is 0 Å². The molecule has 1 atom stereocenters. The number of amides is 1. The molecule has 0 aromatic heterocycles. The van der Waals surface area contributed by atoms with E-state index < -0.39 is 12.2 Å². The van der Waals surface area contributed by atoms with Gasteiger partial charge in [-0.2, -0.15) is 0 Å². The fourth-order valence-electron chi connectivity index (χ4n) is 3.74. The van der Waals surface area contributed by atoms with E-state index in [0.29, 0.717) is 11.3 Å². The van der Waals surface area contributed by atoms with Gasteiger partial charge in [-0.05, 0) is 47.4 Å². The highest BCUT2D eigenvalue weighted by atomic mass is 79.9. The Balaban J connectivity index is 1.51. The van der Waals surface area contributed by atoms with Crippen molar-refractivity contribution in [1.29, 1.82) is 0 Å². The number of benzene rings is 3. The van der Waals surface area contributed by atoms with Crippen LogP contribution < -0.4 is 5.32 Å². The largest absolute Gasteiger partial charge is 0.448 e. The first-order valence-electron chi connectivity index (χ1n) is 9.14. The Hall–Kier alpha value is -2.63. The molecule has 4 rings (SSSR count). The molecular formula is C23H20BrNO3. The number of aliphatic hydroxyl groups is 1. The second-order valence-corrected chi connectivity index (χ2v) is 7.77. The molecule has 0 spiro atoms. The summed E-state index contributed by atoms with van der Waals surface area (Å²) in [5, 5.41) is 12.7. The number of hydrogen-bond donors (Lipinski definition) is 2. The van der Waals surface area contributed by atoms with Gasteiger partial charge in [0.05, 0.1) is 6.10 Å². The van der Waals surface area contributed by atoms with Crippen LogP contribution >= 0.6 is 15.9 Å². The number of nitrogens with one attached hydrogen (secondary N) is 1. The van der Waals surface area contributed by atoms with E-state index in [4.69, 9.17) is 4.74 Å². The Kier molecular flexibility index (Phi) is 5.20. The summed E-state index contributed by atoms with van der Waals surface area (Å²) < 4.78 is 6.40. The molecule has 0 bridgehead atoms. The van der Waals surface area contributed by atoms with Crippen LogP contribution in [0.1, 0.15) is 35.6 Å². The maximum Gasteiger partial charge on any atom is 0.411 e. The van der Waals surface area contributed by atoms with Crippen LogP contribution in [-0.4, -0.2) is 17.8 Å². The van der Waals surface area contributed by atoms with Crippen molar-refractivity contribution in [3.63, 3.8) is 0 Å². The topological polar surface area (TPSA) is 58.6 Å². The molecule has 1 amide bonds. The zero-order valence-corrected chi connectivity index (χ0v) is 16.9. The van der Waals surface area contributed by atoms with E-state index in [1.165, 1.54) is 22.3 Å². The predicted molar refractivity (Wildman–Crippen MR) is 113 cm³/mol. The second-order valence-electron chi connectivity index (χ2n) is 6.86. The van der Waals surface area contributed by atoms with Crippen molar-refractivity contribution < 1.29 is 14.6 Å². The van der Waals surface area contributed by atoms with Crippen LogP contribution in [0.3, 0.4) is 0 Å². The lowest BCUT2D eigenvalue weighted by Gasteiger charge is -2.16. The van der Waals surface area contributed by atoms with Gasteiger partial charge in [-0.3, -0.25) is 5.32 Å². The average Bonchev–Trinajstić information content (AvgIpc) is 3.01. The van der Waals surface area contributed by atoms with Crippen molar-refractivity contribution in [1.82, 2.24) is 0 Å². The number of ether oxygens (including phenoxy) is 1. The van der Waals surface area contributed by atoms with Gasteiger partial charge in [-0.15, -0.1) is 0 Å². The molecule has 142 valence electrons. The Labute approximate surface area is 172 Å². The van der Waals surface area contributed by atoms with E-state index in [0.717, 1.165) is 4.47 Å². The maximum absolute atomic E-state index is 12.4. The molecule has 0 aliphatic heterocycles. The number of halogens is 1. The Bertz CT molecular complexity index is 986. The van der Waals surface area contributed by atoms with Gasteiger partial charge in [0.15, 0.2) is 0 Å². The molecule has 1 aliphatic rings. The van der Waals surface area contributed by atoms with Gasteiger partial charge < -0.3 is 9.84 Å². The van der Waals surface area contributed by atoms with E-state index in [-0.39, 0.29) is 12.5 Å². The van der Waals surface area contributed by atoms with Gasteiger partial charge in [0, 0.05) is 21.6 Å². The molecule has 0 fully saturated rings. The molecule has 1 aliphatic carbocycles. The molecule has 4 nitrogen and oxygen atoms in total. The molecule has 3 aromatic carbocycles. The summed E-state index contributed by atoms with van der Waals surface area (Å²) in [5.41, 5.74) is 5.89. The molecule has 1 unspecified atom stereocenters. The third-order valence-electron chi connectivity index (χ3n) is 5.04. The zero-order chi connectivity index (χ0) is 19.7. The maximum atomic E-state index is 12.4. The van der Waals surface area contributed by atoms with Crippen molar-refractivity contribution in [3.05, 3.63) is 87.9 Å². The summed E-state index contributed by atoms with van der Waals surface area (Å²) >= 11 is 3.38. The van der Waals surface area contributed by atoms with Crippen molar-refractivity contribution in [2.45, 2.75) is 18.9 Å². The number of carbonyl (C=O) groups is 1. The molecule has 0 saturated heterocycles. The van der Waals surface area contributed by atoms with Crippen LogP contribution in [0.15, 0.2) is 71.2 Å². The number of rotatable bonds is 4. The Morgan fingerprint density at radius 1 is 1.07 bits per heavy atom. The minimum absolute atomic E-state index is 0.0132. The molecule has 0 radical (unpaired) electrons. The summed E-state index contributed by atoms with van der Waals surface area (Å²) in [7, 11) is 0. The monoisotopic (exact) mass is 437 g/mol. The van der Waals surface area contributed by atoms with Crippen molar-refractivity contribution in [2.75, 3.05) is 11.9 Å². The normalized spacial score (nSPS) is 13.5. The van der Waals surface area contributed by atoms with Gasteiger partial charge in [-0.1, -0.05) is 64.5 Å². The fourth-order valence-corrected chi connectivity index (χ4v) is 4.12. The van der Waals surface area contributed by atoms with Crippen LogP contribution in [0.4, 0.5) is 10.5 Å². The summed E-state index contributed by atoms with van der Waals surface area (Å²) in [6, 6.07) is 21.8. The Morgan fingerprint density at radius 3 is 2.29 bits per heavy atom. The third kappa shape index (κ3) is 3.55. The van der Waals surface area contributed by atoms with E-state index >= 15 is 0 Å². The van der Waals surface area contributed by atoms with E-state index in [1.807, 2.05) is 30.3 Å². The SMILES string of the molecule is CC(O)c1cc(Br)ccc1NC(=O)OCC1c2ccccc2-c2ccccc21. The second kappa shape index (κ2) is 7.78. The average molecular weight is 438 g/mol. The number of hydrogen-bond acceptors (Lipinski definition) is 3. The van der Waals surface area contributed by atoms with Crippen molar-refractivity contribution in [2.24, 2.45) is 0 Å². The molecule has 28 heavy (non-hydrogen) atoms. The zero-order valence-electron chi connectivity index (χ0n) is 15.4. The molecule has 0 heterocycles. The van der Waals surface area contributed by atoms with Gasteiger partial charge >= 0.3 is 6.09 Å². The summed E-state index contributed by atoms with van der Waals surface area (Å²) in [4.78, 5) is 12.4. The standard InChI is InChI=1S/C23H20BrNO3/c1-14(26)20-12-15(24)10-11-22(20)25-23(27)28-13-21-18-8-4-2-6-16(18)17-7-3-5-9-19(17)21/h2-12,14,21,26H,13H2,1H3,(H,25,27). The quantitative estimate of drug-likeness (QED) is 0.536. The lowest BCUT2D eigenvalue weighted by Crippen LogP contribution is -2.19. The molecule has 2 N–H and O–H groups in total. The van der Waals surface area contributed by atoms with Gasteiger partial charge in [0.1, 0.15) is 6.61 Å². The smallest absolute Gasteiger partial charge is 0.411 e. The van der Waals surface area contributed by atoms with Gasteiger partial charge in [-0.25, -0.2) is 4.79 Å². The van der Waals surface area contributed by atoms with E-state index in [9.17, 15) is 9.90 Å². The number of aliphatic hydroxyl groups excluding tert-OH is 1. The summed E-state index contributed by atoms with van der Waals surface area (Å²) in [6.45, 7) is 1.91. The minimum Gasteiger partial charge on any atom is -0.448 e. The molecular weight excluding hydrogens is 418 g/mol. The first-order chi connectivity index (χ1) is 13.5. The first kappa shape index (κ1) is 18.7. The van der Waals surface area contributed by atoms with Crippen LogP contribution in [0.2, 0.25) is 0 Å². The highest BCUT2D eigenvalue weighted by molar-refractivity contribution is 9.10. The lowest BCUT2D eigenvalue weighted by molar-refractivity contribution is 0.158. The van der Waals surface area contributed by atoms with Gasteiger partial charge in [0.2, 0.25) is 0 Å². The minimum atomic E-state index is -0.707. The van der Waals surface area contributed by atoms with Crippen molar-refractivity contribution >= 4 is 27.7 Å². The predicted octanol–water partition coefficient (Wildman–Crippen LogP) is 5.86. The number of anilines is 1. The molecule has 3 aromatic rings. The number of fused-ring (bicyclic) bond motifs is 3. The van der Waals surface area contributed by atoms with Crippen LogP contribution in [-0.2, 0) is 4.74 Å². The molecule has 0 saturated carbocycles. The summed E-state index contributed by atoms with van der Waals surface area (Å²) in [5.74, 6) is 0.0132. The fraction of sp³-hybridized carbons (Fsp3) is 0.174. The highest BCUT2D eigenvalue weighted by Crippen LogP contribution is 2.44. The highest BCUT2D eigenvalue weighted by Gasteiger charge is 2.29. The van der Waals surface area contributed by atoms with E-state index in [1.54, 1.807) is 19.1 Å². The first-order valence-corrected chi connectivity index (χ1v) is 9.93. The summed E-state index contributed by atoms with van der Waals surface area (Å²) in [6.07, 6.45) is -1.24. The Morgan fingerprint density at radius 2 is 1.68 bits per heavy atom. The third-order valence-corrected chi connectivity index (χ3v) is 5.54.